The maximum atomic E-state index is 13.9. The molecule has 1 aliphatic heterocycles. The second-order valence-corrected chi connectivity index (χ2v) is 5.13. The molecule has 7 heteroatoms. The van der Waals surface area contributed by atoms with Gasteiger partial charge in [0.25, 0.3) is 5.69 Å². The zero-order valence-corrected chi connectivity index (χ0v) is 11.5. The summed E-state index contributed by atoms with van der Waals surface area (Å²) in [5.41, 5.74) is -0.733. The van der Waals surface area contributed by atoms with Crippen LogP contribution in [0.15, 0.2) is 12.1 Å². The Labute approximate surface area is 115 Å². The van der Waals surface area contributed by atoms with Crippen LogP contribution in [0.5, 0.6) is 0 Å². The first-order valence-electron chi connectivity index (χ1n) is 6.52. The topological polar surface area (TPSA) is 49.6 Å². The molecular formula is C13H17F2N3O2. The molecule has 0 radical (unpaired) electrons. The number of benzene rings is 1. The number of nitrogens with zero attached hydrogens (tertiary/aromatic N) is 3. The molecule has 0 amide bonds. The third-order valence-corrected chi connectivity index (χ3v) is 3.57. The molecule has 0 atom stereocenters. The van der Waals surface area contributed by atoms with Gasteiger partial charge >= 0.3 is 0 Å². The molecule has 110 valence electrons. The minimum Gasteiger partial charge on any atom is -0.364 e. The van der Waals surface area contributed by atoms with E-state index in [4.69, 9.17) is 0 Å². The first kappa shape index (κ1) is 14.6. The molecule has 1 aromatic rings. The fourth-order valence-electron chi connectivity index (χ4n) is 2.42. The number of anilines is 1. The first-order valence-corrected chi connectivity index (χ1v) is 6.52. The van der Waals surface area contributed by atoms with Crippen LogP contribution in [0.4, 0.5) is 20.2 Å². The monoisotopic (exact) mass is 285 g/mol. The van der Waals surface area contributed by atoms with Crippen molar-refractivity contribution in [2.45, 2.75) is 19.9 Å². The standard InChI is InChI=1S/C13H17F2N3O2/c1-9(2)16-3-5-17(6-4-16)13-11(14)7-10(18(19)20)8-12(13)15/h7-9H,3-6H2,1-2H3. The van der Waals surface area contributed by atoms with Crippen molar-refractivity contribution in [2.24, 2.45) is 0 Å². The summed E-state index contributed by atoms with van der Waals surface area (Å²) in [4.78, 5) is 13.6. The van der Waals surface area contributed by atoms with Crippen LogP contribution in [0.3, 0.4) is 0 Å². The molecule has 1 aromatic carbocycles. The van der Waals surface area contributed by atoms with E-state index in [0.29, 0.717) is 32.2 Å². The van der Waals surface area contributed by atoms with Gasteiger partial charge in [0.1, 0.15) is 5.69 Å². The molecule has 5 nitrogen and oxygen atoms in total. The molecule has 0 aromatic heterocycles. The van der Waals surface area contributed by atoms with Gasteiger partial charge in [-0.3, -0.25) is 15.0 Å². The van der Waals surface area contributed by atoms with Crippen LogP contribution < -0.4 is 4.90 Å². The van der Waals surface area contributed by atoms with Crippen molar-refractivity contribution in [1.29, 1.82) is 0 Å². The number of piperazine rings is 1. The number of non-ortho nitro benzene ring substituents is 1. The Hall–Kier alpha value is -1.76. The van der Waals surface area contributed by atoms with E-state index in [1.807, 2.05) is 0 Å². The summed E-state index contributed by atoms with van der Waals surface area (Å²) in [5, 5.41) is 10.6. The van der Waals surface area contributed by atoms with E-state index in [1.54, 1.807) is 4.90 Å². The van der Waals surface area contributed by atoms with Crippen molar-refractivity contribution in [2.75, 3.05) is 31.1 Å². The van der Waals surface area contributed by atoms with E-state index >= 15 is 0 Å². The van der Waals surface area contributed by atoms with Gasteiger partial charge in [-0.1, -0.05) is 0 Å². The minimum atomic E-state index is -0.880. The zero-order valence-electron chi connectivity index (χ0n) is 11.5. The smallest absolute Gasteiger partial charge is 0.275 e. The third-order valence-electron chi connectivity index (χ3n) is 3.57. The summed E-state index contributed by atoms with van der Waals surface area (Å²) in [6, 6.07) is 1.93. The van der Waals surface area contributed by atoms with Crippen molar-refractivity contribution in [3.8, 4) is 0 Å². The predicted octanol–water partition coefficient (Wildman–Crippen LogP) is 2.40. The van der Waals surface area contributed by atoms with Crippen molar-refractivity contribution in [3.05, 3.63) is 33.9 Å². The maximum Gasteiger partial charge on any atom is 0.275 e. The van der Waals surface area contributed by atoms with Gasteiger partial charge in [-0.2, -0.15) is 0 Å². The maximum absolute atomic E-state index is 13.9. The summed E-state index contributed by atoms with van der Waals surface area (Å²) < 4.78 is 27.8. The molecule has 0 unspecified atom stereocenters. The molecule has 1 heterocycles. The number of nitro groups is 1. The molecule has 0 N–H and O–H groups in total. The molecule has 1 saturated heterocycles. The van der Waals surface area contributed by atoms with Crippen LogP contribution in [0.2, 0.25) is 0 Å². The molecule has 0 bridgehead atoms. The highest BCUT2D eigenvalue weighted by Gasteiger charge is 2.25. The predicted molar refractivity (Wildman–Crippen MR) is 71.9 cm³/mol. The summed E-state index contributed by atoms with van der Waals surface area (Å²) in [6.07, 6.45) is 0. The number of rotatable bonds is 3. The van der Waals surface area contributed by atoms with Gasteiger partial charge in [-0.25, -0.2) is 8.78 Å². The van der Waals surface area contributed by atoms with Crippen molar-refractivity contribution in [3.63, 3.8) is 0 Å². The average molecular weight is 285 g/mol. The summed E-state index contributed by atoms with van der Waals surface area (Å²) in [6.45, 7) is 6.58. The highest BCUT2D eigenvalue weighted by atomic mass is 19.1. The van der Waals surface area contributed by atoms with Crippen LogP contribution in [0.1, 0.15) is 13.8 Å². The second kappa shape index (κ2) is 5.70. The van der Waals surface area contributed by atoms with E-state index in [-0.39, 0.29) is 5.69 Å². The van der Waals surface area contributed by atoms with Crippen molar-refractivity contribution < 1.29 is 13.7 Å². The molecule has 1 aliphatic rings. The lowest BCUT2D eigenvalue weighted by Crippen LogP contribution is -2.49. The lowest BCUT2D eigenvalue weighted by molar-refractivity contribution is -0.385. The minimum absolute atomic E-state index is 0.168. The summed E-state index contributed by atoms with van der Waals surface area (Å²) in [7, 11) is 0. The second-order valence-electron chi connectivity index (χ2n) is 5.13. The average Bonchev–Trinajstić information content (AvgIpc) is 2.38. The fraction of sp³-hybridized carbons (Fsp3) is 0.538. The zero-order chi connectivity index (χ0) is 14.9. The number of nitro benzene ring substituents is 1. The van der Waals surface area contributed by atoms with E-state index in [0.717, 1.165) is 12.1 Å². The molecule has 0 saturated carbocycles. The van der Waals surface area contributed by atoms with Gasteiger partial charge in [0.2, 0.25) is 0 Å². The summed E-state index contributed by atoms with van der Waals surface area (Å²) >= 11 is 0. The van der Waals surface area contributed by atoms with Crippen LogP contribution in [-0.4, -0.2) is 42.0 Å². The summed E-state index contributed by atoms with van der Waals surface area (Å²) in [5.74, 6) is -1.76. The van der Waals surface area contributed by atoms with Gasteiger partial charge in [-0.05, 0) is 13.8 Å². The number of hydrogen-bond donors (Lipinski definition) is 0. The van der Waals surface area contributed by atoms with E-state index < -0.39 is 22.2 Å². The van der Waals surface area contributed by atoms with Gasteiger partial charge in [-0.15, -0.1) is 0 Å². The fourth-order valence-corrected chi connectivity index (χ4v) is 2.42. The lowest BCUT2D eigenvalue weighted by atomic mass is 10.2. The van der Waals surface area contributed by atoms with Crippen LogP contribution in [0.25, 0.3) is 0 Å². The van der Waals surface area contributed by atoms with Crippen molar-refractivity contribution >= 4 is 11.4 Å². The normalized spacial score (nSPS) is 16.8. The highest BCUT2D eigenvalue weighted by Crippen LogP contribution is 2.29. The quantitative estimate of drug-likeness (QED) is 0.632. The van der Waals surface area contributed by atoms with E-state index in [2.05, 4.69) is 18.7 Å². The Kier molecular flexibility index (Phi) is 4.17. The molecule has 20 heavy (non-hydrogen) atoms. The van der Waals surface area contributed by atoms with Crippen LogP contribution >= 0.6 is 0 Å². The lowest BCUT2D eigenvalue weighted by Gasteiger charge is -2.38. The molecule has 1 fully saturated rings. The highest BCUT2D eigenvalue weighted by molar-refractivity contribution is 5.54. The molecule has 0 aliphatic carbocycles. The molecule has 2 rings (SSSR count). The Morgan fingerprint density at radius 2 is 1.65 bits per heavy atom. The Balaban J connectivity index is 2.20. The van der Waals surface area contributed by atoms with Gasteiger partial charge in [0, 0.05) is 32.2 Å². The van der Waals surface area contributed by atoms with Gasteiger partial charge in [0.05, 0.1) is 17.1 Å². The Bertz CT molecular complexity index is 491. The number of halogens is 2. The van der Waals surface area contributed by atoms with Gasteiger partial charge < -0.3 is 4.90 Å². The molecule has 0 spiro atoms. The first-order chi connectivity index (χ1) is 9.40. The van der Waals surface area contributed by atoms with Crippen molar-refractivity contribution in [1.82, 2.24) is 4.90 Å². The van der Waals surface area contributed by atoms with E-state index in [1.165, 1.54) is 0 Å². The number of hydrogen-bond acceptors (Lipinski definition) is 4. The van der Waals surface area contributed by atoms with Crippen LogP contribution in [0, 0.1) is 21.7 Å². The van der Waals surface area contributed by atoms with Gasteiger partial charge in [0.15, 0.2) is 11.6 Å². The van der Waals surface area contributed by atoms with Crippen LogP contribution in [-0.2, 0) is 0 Å². The van der Waals surface area contributed by atoms with E-state index in [9.17, 15) is 18.9 Å². The SMILES string of the molecule is CC(C)N1CCN(c2c(F)cc([N+](=O)[O-])cc2F)CC1. The third kappa shape index (κ3) is 2.87. The Morgan fingerprint density at radius 3 is 2.05 bits per heavy atom. The Morgan fingerprint density at radius 1 is 1.15 bits per heavy atom. The molecular weight excluding hydrogens is 268 g/mol. The largest absolute Gasteiger partial charge is 0.364 e.